The lowest BCUT2D eigenvalue weighted by molar-refractivity contribution is -0.130. The summed E-state index contributed by atoms with van der Waals surface area (Å²) in [4.78, 5) is 18.3. The predicted molar refractivity (Wildman–Crippen MR) is 97.5 cm³/mol. The fourth-order valence-electron chi connectivity index (χ4n) is 2.58. The molecule has 0 N–H and O–H groups in total. The Kier molecular flexibility index (Phi) is 5.63. The van der Waals surface area contributed by atoms with Gasteiger partial charge in [0.1, 0.15) is 5.75 Å². The second-order valence-electron chi connectivity index (χ2n) is 5.98. The lowest BCUT2D eigenvalue weighted by Gasteiger charge is -2.14. The number of ether oxygens (including phenoxy) is 1. The normalized spacial score (nSPS) is 10.5. The first kappa shape index (κ1) is 17.7. The Morgan fingerprint density at radius 3 is 2.73 bits per heavy atom. The topological polar surface area (TPSA) is 68.5 Å². The zero-order valence-electron chi connectivity index (χ0n) is 14.9. The van der Waals surface area contributed by atoms with E-state index >= 15 is 0 Å². The number of rotatable bonds is 7. The second kappa shape index (κ2) is 8.29. The van der Waals surface area contributed by atoms with Gasteiger partial charge in [-0.3, -0.25) is 4.79 Å². The van der Waals surface area contributed by atoms with Gasteiger partial charge in [-0.25, -0.2) is 0 Å². The van der Waals surface area contributed by atoms with Gasteiger partial charge in [-0.15, -0.1) is 0 Å². The molecule has 134 valence electrons. The quantitative estimate of drug-likeness (QED) is 0.653. The van der Waals surface area contributed by atoms with E-state index in [1.807, 2.05) is 54.6 Å². The molecule has 0 aliphatic heterocycles. The summed E-state index contributed by atoms with van der Waals surface area (Å²) in [6, 6.07) is 17.4. The molecule has 26 heavy (non-hydrogen) atoms. The number of aryl methyl sites for hydroxylation is 1. The van der Waals surface area contributed by atoms with Gasteiger partial charge in [0.25, 0.3) is 0 Å². The van der Waals surface area contributed by atoms with Crippen molar-refractivity contribution in [2.24, 2.45) is 0 Å². The van der Waals surface area contributed by atoms with Gasteiger partial charge in [-0.2, -0.15) is 4.98 Å². The van der Waals surface area contributed by atoms with E-state index in [2.05, 4.69) is 10.1 Å². The third kappa shape index (κ3) is 4.47. The van der Waals surface area contributed by atoms with Crippen molar-refractivity contribution in [3.05, 3.63) is 66.1 Å². The van der Waals surface area contributed by atoms with Crippen LogP contribution in [0.5, 0.6) is 5.75 Å². The number of carbonyl (C=O) groups excluding carboxylic acids is 1. The largest absolute Gasteiger partial charge is 0.497 e. The van der Waals surface area contributed by atoms with Crippen molar-refractivity contribution in [3.8, 4) is 17.1 Å². The SMILES string of the molecule is COc1cccc(-c2noc(CN(C)C(=O)CCc3ccccc3)n2)c1. The van der Waals surface area contributed by atoms with Gasteiger partial charge in [-0.05, 0) is 24.1 Å². The molecule has 1 amide bonds. The molecule has 0 spiro atoms. The van der Waals surface area contributed by atoms with Crippen molar-refractivity contribution in [2.45, 2.75) is 19.4 Å². The average Bonchev–Trinajstić information content (AvgIpc) is 3.15. The number of methoxy groups -OCH3 is 1. The first-order chi connectivity index (χ1) is 12.7. The fourth-order valence-corrected chi connectivity index (χ4v) is 2.58. The van der Waals surface area contributed by atoms with Crippen molar-refractivity contribution in [3.63, 3.8) is 0 Å². The van der Waals surface area contributed by atoms with Crippen LogP contribution in [0.3, 0.4) is 0 Å². The molecule has 0 unspecified atom stereocenters. The summed E-state index contributed by atoms with van der Waals surface area (Å²) >= 11 is 0. The van der Waals surface area contributed by atoms with E-state index in [0.717, 1.165) is 16.9 Å². The highest BCUT2D eigenvalue weighted by molar-refractivity contribution is 5.76. The minimum atomic E-state index is 0.0370. The third-order valence-corrected chi connectivity index (χ3v) is 4.06. The molecule has 0 aliphatic rings. The van der Waals surface area contributed by atoms with Crippen LogP contribution in [0.1, 0.15) is 17.9 Å². The summed E-state index contributed by atoms with van der Waals surface area (Å²) in [6.07, 6.45) is 1.15. The zero-order chi connectivity index (χ0) is 18.4. The van der Waals surface area contributed by atoms with Gasteiger partial charge in [-0.1, -0.05) is 47.6 Å². The van der Waals surface area contributed by atoms with E-state index in [0.29, 0.717) is 24.6 Å². The van der Waals surface area contributed by atoms with Crippen LogP contribution in [0.25, 0.3) is 11.4 Å². The summed E-state index contributed by atoms with van der Waals surface area (Å²) in [6.45, 7) is 0.282. The van der Waals surface area contributed by atoms with Crippen LogP contribution in [0.4, 0.5) is 0 Å². The summed E-state index contributed by atoms with van der Waals surface area (Å²) < 4.78 is 10.5. The number of benzene rings is 2. The minimum Gasteiger partial charge on any atom is -0.497 e. The summed E-state index contributed by atoms with van der Waals surface area (Å²) in [5.41, 5.74) is 1.95. The van der Waals surface area contributed by atoms with Gasteiger partial charge >= 0.3 is 0 Å². The molecule has 6 nitrogen and oxygen atoms in total. The monoisotopic (exact) mass is 351 g/mol. The predicted octanol–water partition coefficient (Wildman–Crippen LogP) is 3.34. The Balaban J connectivity index is 1.58. The van der Waals surface area contributed by atoms with Crippen LogP contribution < -0.4 is 4.74 Å². The highest BCUT2D eigenvalue weighted by Crippen LogP contribution is 2.21. The number of hydrogen-bond acceptors (Lipinski definition) is 5. The molecule has 3 rings (SSSR count). The Bertz CT molecular complexity index is 862. The molecule has 2 aromatic carbocycles. The summed E-state index contributed by atoms with van der Waals surface area (Å²) in [7, 11) is 3.35. The Labute approximate surface area is 152 Å². The van der Waals surface area contributed by atoms with Crippen LogP contribution in [-0.4, -0.2) is 35.1 Å². The molecule has 0 radical (unpaired) electrons. The lowest BCUT2D eigenvalue weighted by atomic mass is 10.1. The van der Waals surface area contributed by atoms with Gasteiger partial charge < -0.3 is 14.2 Å². The van der Waals surface area contributed by atoms with Crippen LogP contribution in [0, 0.1) is 0 Å². The molecule has 0 bridgehead atoms. The van der Waals surface area contributed by atoms with Crippen LogP contribution in [0.15, 0.2) is 59.1 Å². The molecule has 3 aromatic rings. The first-order valence-corrected chi connectivity index (χ1v) is 8.40. The van der Waals surface area contributed by atoms with Crippen molar-refractivity contribution >= 4 is 5.91 Å². The van der Waals surface area contributed by atoms with Crippen molar-refractivity contribution in [1.82, 2.24) is 15.0 Å². The fraction of sp³-hybridized carbons (Fsp3) is 0.250. The number of hydrogen-bond donors (Lipinski definition) is 0. The van der Waals surface area contributed by atoms with Crippen LogP contribution >= 0.6 is 0 Å². The van der Waals surface area contributed by atoms with Gasteiger partial charge in [0, 0.05) is 19.0 Å². The Hall–Kier alpha value is -3.15. The van der Waals surface area contributed by atoms with E-state index in [1.54, 1.807) is 19.1 Å². The summed E-state index contributed by atoms with van der Waals surface area (Å²) in [5.74, 6) is 1.64. The highest BCUT2D eigenvalue weighted by atomic mass is 16.5. The number of amides is 1. The third-order valence-electron chi connectivity index (χ3n) is 4.06. The molecule has 1 heterocycles. The first-order valence-electron chi connectivity index (χ1n) is 8.40. The summed E-state index contributed by atoms with van der Waals surface area (Å²) in [5, 5.41) is 3.99. The standard InChI is InChI=1S/C20H21N3O3/c1-23(19(24)12-11-15-7-4-3-5-8-15)14-18-21-20(22-26-18)16-9-6-10-17(13-16)25-2/h3-10,13H,11-12,14H2,1-2H3. The van der Waals surface area contributed by atoms with Gasteiger partial charge in [0.2, 0.25) is 17.6 Å². The molecule has 0 saturated heterocycles. The van der Waals surface area contributed by atoms with E-state index in [4.69, 9.17) is 9.26 Å². The van der Waals surface area contributed by atoms with E-state index < -0.39 is 0 Å². The molecule has 1 aromatic heterocycles. The maximum Gasteiger partial charge on any atom is 0.246 e. The maximum atomic E-state index is 12.3. The molecule has 0 saturated carbocycles. The average molecular weight is 351 g/mol. The van der Waals surface area contributed by atoms with Crippen molar-refractivity contribution in [1.29, 1.82) is 0 Å². The highest BCUT2D eigenvalue weighted by Gasteiger charge is 2.15. The van der Waals surface area contributed by atoms with Crippen LogP contribution in [-0.2, 0) is 17.8 Å². The number of nitrogens with zero attached hydrogens (tertiary/aromatic N) is 3. The smallest absolute Gasteiger partial charge is 0.246 e. The van der Waals surface area contributed by atoms with Crippen molar-refractivity contribution < 1.29 is 14.1 Å². The molecular weight excluding hydrogens is 330 g/mol. The molecule has 6 heteroatoms. The van der Waals surface area contributed by atoms with Crippen molar-refractivity contribution in [2.75, 3.05) is 14.2 Å². The lowest BCUT2D eigenvalue weighted by Crippen LogP contribution is -2.26. The molecule has 0 atom stereocenters. The van der Waals surface area contributed by atoms with E-state index in [-0.39, 0.29) is 12.5 Å². The van der Waals surface area contributed by atoms with E-state index in [9.17, 15) is 4.79 Å². The Morgan fingerprint density at radius 2 is 1.96 bits per heavy atom. The van der Waals surface area contributed by atoms with E-state index in [1.165, 1.54) is 0 Å². The Morgan fingerprint density at radius 1 is 1.15 bits per heavy atom. The number of aromatic nitrogens is 2. The van der Waals surface area contributed by atoms with Gasteiger partial charge in [0.05, 0.1) is 13.7 Å². The zero-order valence-corrected chi connectivity index (χ0v) is 14.9. The van der Waals surface area contributed by atoms with Gasteiger partial charge in [0.15, 0.2) is 0 Å². The maximum absolute atomic E-state index is 12.3. The number of carbonyl (C=O) groups is 1. The molecular formula is C20H21N3O3. The minimum absolute atomic E-state index is 0.0370. The van der Waals surface area contributed by atoms with Crippen LogP contribution in [0.2, 0.25) is 0 Å². The molecule has 0 aliphatic carbocycles. The molecule has 0 fully saturated rings. The second-order valence-corrected chi connectivity index (χ2v) is 5.98.